The van der Waals surface area contributed by atoms with Crippen molar-refractivity contribution in [2.24, 2.45) is 10.9 Å². The van der Waals surface area contributed by atoms with Crippen LogP contribution in [-0.2, 0) is 6.54 Å². The zero-order chi connectivity index (χ0) is 28.0. The van der Waals surface area contributed by atoms with Crippen LogP contribution in [0.2, 0.25) is 0 Å². The number of nitrogens with zero attached hydrogens (tertiary/aromatic N) is 2. The van der Waals surface area contributed by atoms with E-state index in [0.29, 0.717) is 12.5 Å². The van der Waals surface area contributed by atoms with Crippen molar-refractivity contribution >= 4 is 65.1 Å². The highest BCUT2D eigenvalue weighted by Gasteiger charge is 2.18. The summed E-state index contributed by atoms with van der Waals surface area (Å²) in [6, 6.07) is 39.8. The zero-order valence-electron chi connectivity index (χ0n) is 23.5. The summed E-state index contributed by atoms with van der Waals surface area (Å²) in [5, 5.41) is 5.26. The Kier molecular flexibility index (Phi) is 6.12. The van der Waals surface area contributed by atoms with Crippen molar-refractivity contribution in [3.63, 3.8) is 0 Å². The minimum absolute atomic E-state index is 0.563. The summed E-state index contributed by atoms with van der Waals surface area (Å²) in [7, 11) is 0. The van der Waals surface area contributed by atoms with E-state index in [0.717, 1.165) is 12.0 Å². The second-order valence-electron chi connectivity index (χ2n) is 11.3. The summed E-state index contributed by atoms with van der Waals surface area (Å²) in [6.45, 7) is 2.94. The third kappa shape index (κ3) is 4.38. The predicted octanol–water partition coefficient (Wildman–Crippen LogP) is 10.8. The van der Waals surface area contributed by atoms with Crippen LogP contribution in [-0.4, -0.2) is 10.8 Å². The molecule has 0 radical (unpaired) electrons. The molecule has 0 spiro atoms. The fourth-order valence-electron chi connectivity index (χ4n) is 6.36. The Balaban J connectivity index is 1.31. The van der Waals surface area contributed by atoms with Crippen LogP contribution in [0.5, 0.6) is 0 Å². The van der Waals surface area contributed by atoms with Crippen LogP contribution in [0, 0.1) is 5.92 Å². The average Bonchev–Trinajstić information content (AvgIpc) is 3.55. The number of benzene rings is 5. The highest BCUT2D eigenvalue weighted by atomic mass is 32.1. The average molecular weight is 559 g/mol. The molecule has 1 atom stereocenters. The van der Waals surface area contributed by atoms with Crippen molar-refractivity contribution in [3.8, 4) is 5.69 Å². The minimum Gasteiger partial charge on any atom is -0.309 e. The largest absolute Gasteiger partial charge is 0.309 e. The van der Waals surface area contributed by atoms with Gasteiger partial charge in [0.25, 0.3) is 0 Å². The van der Waals surface area contributed by atoms with Gasteiger partial charge in [-0.2, -0.15) is 0 Å². The standard InChI is InChI=1S/C39H30N2S/c1-26-9-7-13-29(19-26)30-17-18-36-33(21-30)34-23-39-35(32-15-5-6-16-38(32)42-39)22-37(34)41(36)31-14-8-12-28(20-31)25-40-24-27-10-3-2-4-11-27/h2-18,20-24,26H,19,25H2,1H3. The fourth-order valence-corrected chi connectivity index (χ4v) is 7.49. The Hall–Kier alpha value is -4.73. The van der Waals surface area contributed by atoms with Crippen LogP contribution >= 0.6 is 11.3 Å². The Bertz CT molecular complexity index is 2210. The van der Waals surface area contributed by atoms with Crippen LogP contribution in [0.15, 0.2) is 132 Å². The Labute approximate surface area is 249 Å². The highest BCUT2D eigenvalue weighted by Crippen LogP contribution is 2.41. The van der Waals surface area contributed by atoms with E-state index in [1.54, 1.807) is 0 Å². The maximum atomic E-state index is 4.75. The quantitative estimate of drug-likeness (QED) is 0.187. The van der Waals surface area contributed by atoms with Crippen LogP contribution in [0.3, 0.4) is 0 Å². The molecule has 0 aliphatic heterocycles. The molecule has 0 N–H and O–H groups in total. The number of allylic oxidation sites excluding steroid dienone is 4. The van der Waals surface area contributed by atoms with Crippen molar-refractivity contribution < 1.29 is 0 Å². The van der Waals surface area contributed by atoms with Gasteiger partial charge in [-0.25, -0.2) is 0 Å². The van der Waals surface area contributed by atoms with E-state index in [1.165, 1.54) is 64.4 Å². The first-order valence-corrected chi connectivity index (χ1v) is 15.4. The van der Waals surface area contributed by atoms with E-state index in [1.807, 2.05) is 35.8 Å². The number of aromatic nitrogens is 1. The molecular formula is C39H30N2S. The normalized spacial score (nSPS) is 15.5. The van der Waals surface area contributed by atoms with Crippen molar-refractivity contribution in [2.45, 2.75) is 19.9 Å². The van der Waals surface area contributed by atoms with Gasteiger partial charge in [0.2, 0.25) is 0 Å². The van der Waals surface area contributed by atoms with Gasteiger partial charge in [0.05, 0.1) is 17.6 Å². The summed E-state index contributed by atoms with van der Waals surface area (Å²) in [4.78, 5) is 4.75. The molecular weight excluding hydrogens is 529 g/mol. The van der Waals surface area contributed by atoms with Gasteiger partial charge in [-0.05, 0) is 77.1 Å². The molecule has 2 aromatic heterocycles. The van der Waals surface area contributed by atoms with Crippen molar-refractivity contribution in [1.29, 1.82) is 0 Å². The maximum absolute atomic E-state index is 4.75. The van der Waals surface area contributed by atoms with E-state index in [9.17, 15) is 0 Å². The molecule has 202 valence electrons. The number of rotatable bonds is 5. The lowest BCUT2D eigenvalue weighted by molar-refractivity contribution is 0.749. The predicted molar refractivity (Wildman–Crippen MR) is 182 cm³/mol. The van der Waals surface area contributed by atoms with E-state index in [-0.39, 0.29) is 0 Å². The van der Waals surface area contributed by atoms with E-state index in [4.69, 9.17) is 4.99 Å². The lowest BCUT2D eigenvalue weighted by Gasteiger charge is -2.15. The third-order valence-corrected chi connectivity index (χ3v) is 9.53. The molecule has 1 aliphatic rings. The lowest BCUT2D eigenvalue weighted by Crippen LogP contribution is -1.98. The molecule has 0 bridgehead atoms. The van der Waals surface area contributed by atoms with E-state index >= 15 is 0 Å². The molecule has 3 heteroatoms. The van der Waals surface area contributed by atoms with Crippen molar-refractivity contribution in [1.82, 2.24) is 4.57 Å². The second-order valence-corrected chi connectivity index (χ2v) is 12.4. The first kappa shape index (κ1) is 25.0. The third-order valence-electron chi connectivity index (χ3n) is 8.40. The van der Waals surface area contributed by atoms with Crippen LogP contribution in [0.25, 0.3) is 53.2 Å². The number of thiophene rings is 1. The number of fused-ring (bicyclic) bond motifs is 6. The van der Waals surface area contributed by atoms with Gasteiger partial charge in [0.1, 0.15) is 0 Å². The number of aliphatic imine (C=N–C) groups is 1. The highest BCUT2D eigenvalue weighted by molar-refractivity contribution is 7.25. The van der Waals surface area contributed by atoms with Gasteiger partial charge in [0.15, 0.2) is 0 Å². The maximum Gasteiger partial charge on any atom is 0.0640 e. The molecule has 0 saturated heterocycles. The second kappa shape index (κ2) is 10.3. The summed E-state index contributed by atoms with van der Waals surface area (Å²) in [5.74, 6) is 0.563. The monoisotopic (exact) mass is 558 g/mol. The fraction of sp³-hybridized carbons (Fsp3) is 0.103. The molecule has 8 rings (SSSR count). The van der Waals surface area contributed by atoms with Crippen LogP contribution < -0.4 is 0 Å². The topological polar surface area (TPSA) is 17.3 Å². The number of hydrogen-bond donors (Lipinski definition) is 0. The lowest BCUT2D eigenvalue weighted by atomic mass is 9.90. The molecule has 0 saturated carbocycles. The summed E-state index contributed by atoms with van der Waals surface area (Å²) >= 11 is 1.89. The molecule has 1 unspecified atom stereocenters. The SMILES string of the molecule is CC1C=CC=C(c2ccc3c(c2)c2cc4sc5ccccc5c4cc2n3-c2cccc(CN=Cc3ccccc3)c2)C1. The van der Waals surface area contributed by atoms with E-state index < -0.39 is 0 Å². The molecule has 7 aromatic rings. The summed E-state index contributed by atoms with van der Waals surface area (Å²) in [6.07, 6.45) is 9.83. The van der Waals surface area contributed by atoms with Gasteiger partial charge in [-0.1, -0.05) is 91.9 Å². The van der Waals surface area contributed by atoms with Gasteiger partial charge < -0.3 is 4.57 Å². The van der Waals surface area contributed by atoms with Gasteiger partial charge in [-0.3, -0.25) is 4.99 Å². The first-order valence-electron chi connectivity index (χ1n) is 14.6. The molecule has 42 heavy (non-hydrogen) atoms. The van der Waals surface area contributed by atoms with Crippen LogP contribution in [0.4, 0.5) is 0 Å². The summed E-state index contributed by atoms with van der Waals surface area (Å²) in [5.41, 5.74) is 8.70. The molecule has 0 fully saturated rings. The summed E-state index contributed by atoms with van der Waals surface area (Å²) < 4.78 is 5.12. The zero-order valence-corrected chi connectivity index (χ0v) is 24.3. The van der Waals surface area contributed by atoms with E-state index in [2.05, 4.69) is 121 Å². The van der Waals surface area contributed by atoms with Gasteiger partial charge in [0, 0.05) is 42.8 Å². The Morgan fingerprint density at radius 1 is 0.762 bits per heavy atom. The molecule has 2 nitrogen and oxygen atoms in total. The smallest absolute Gasteiger partial charge is 0.0640 e. The first-order chi connectivity index (χ1) is 20.7. The van der Waals surface area contributed by atoms with Crippen molar-refractivity contribution in [2.75, 3.05) is 0 Å². The molecule has 5 aromatic carbocycles. The van der Waals surface area contributed by atoms with Crippen molar-refractivity contribution in [3.05, 3.63) is 144 Å². The molecule has 2 heterocycles. The Morgan fingerprint density at radius 2 is 1.62 bits per heavy atom. The molecule has 0 amide bonds. The molecule has 1 aliphatic carbocycles. The van der Waals surface area contributed by atoms with Crippen LogP contribution in [0.1, 0.15) is 30.0 Å². The Morgan fingerprint density at radius 3 is 2.52 bits per heavy atom. The minimum atomic E-state index is 0.563. The van der Waals surface area contributed by atoms with Gasteiger partial charge in [-0.15, -0.1) is 11.3 Å². The number of hydrogen-bond acceptors (Lipinski definition) is 2. The van der Waals surface area contributed by atoms with Gasteiger partial charge >= 0.3 is 0 Å².